The summed E-state index contributed by atoms with van der Waals surface area (Å²) in [6, 6.07) is 5.31. The molecule has 2 unspecified atom stereocenters. The molecule has 2 atom stereocenters. The summed E-state index contributed by atoms with van der Waals surface area (Å²) in [7, 11) is 0. The summed E-state index contributed by atoms with van der Waals surface area (Å²) in [4.78, 5) is 53.3. The van der Waals surface area contributed by atoms with Gasteiger partial charge in [0.05, 0.1) is 0 Å². The monoisotopic (exact) mass is 518 g/mol. The van der Waals surface area contributed by atoms with Gasteiger partial charge in [0.2, 0.25) is 17.7 Å². The molecule has 0 fully saturated rings. The molecule has 0 spiro atoms. The van der Waals surface area contributed by atoms with Crippen molar-refractivity contribution in [2.75, 3.05) is 6.54 Å². The van der Waals surface area contributed by atoms with Crippen molar-refractivity contribution >= 4 is 23.8 Å². The van der Waals surface area contributed by atoms with Gasteiger partial charge in [0.15, 0.2) is 0 Å². The first-order valence-electron chi connectivity index (χ1n) is 13.2. The van der Waals surface area contributed by atoms with Crippen LogP contribution in [0.5, 0.6) is 0 Å². The maximum atomic E-state index is 14.1. The molecule has 0 aliphatic heterocycles. The summed E-state index contributed by atoms with van der Waals surface area (Å²) < 4.78 is 5.37. The number of primary amides is 1. The highest BCUT2D eigenvalue weighted by Gasteiger charge is 2.36. The number of unbranched alkanes of at least 4 members (excludes halogenated alkanes) is 3. The molecule has 1 aromatic carbocycles. The topological polar surface area (TPSA) is 131 Å². The Morgan fingerprint density at radius 2 is 1.68 bits per heavy atom. The number of aryl methyl sites for hydroxylation is 1. The van der Waals surface area contributed by atoms with Crippen molar-refractivity contribution in [1.82, 2.24) is 15.5 Å². The number of carbonyl (C=O) groups excluding carboxylic acids is 4. The van der Waals surface area contributed by atoms with Crippen molar-refractivity contribution < 1.29 is 23.9 Å². The summed E-state index contributed by atoms with van der Waals surface area (Å²) >= 11 is 0. The van der Waals surface area contributed by atoms with Crippen LogP contribution >= 0.6 is 0 Å². The zero-order chi connectivity index (χ0) is 28.2. The van der Waals surface area contributed by atoms with Gasteiger partial charge in [-0.05, 0) is 65.5 Å². The number of amides is 4. The molecule has 9 heteroatoms. The molecule has 0 saturated heterocycles. The highest BCUT2D eigenvalue weighted by Crippen LogP contribution is 2.27. The van der Waals surface area contributed by atoms with Crippen LogP contribution in [-0.4, -0.2) is 52.9 Å². The molecule has 0 aliphatic carbocycles. The molecular weight excluding hydrogens is 472 g/mol. The van der Waals surface area contributed by atoms with Crippen LogP contribution in [0.2, 0.25) is 0 Å². The van der Waals surface area contributed by atoms with E-state index in [1.54, 1.807) is 20.8 Å². The minimum absolute atomic E-state index is 0.00877. The number of nitrogens with zero attached hydrogens (tertiary/aromatic N) is 1. The van der Waals surface area contributed by atoms with E-state index < -0.39 is 35.6 Å². The van der Waals surface area contributed by atoms with Crippen LogP contribution in [0.3, 0.4) is 0 Å². The summed E-state index contributed by atoms with van der Waals surface area (Å²) in [5.41, 5.74) is 6.16. The van der Waals surface area contributed by atoms with E-state index in [-0.39, 0.29) is 24.8 Å². The fourth-order valence-electron chi connectivity index (χ4n) is 3.98. The number of nitrogens with one attached hydrogen (secondary N) is 2. The van der Waals surface area contributed by atoms with Crippen LogP contribution in [0.4, 0.5) is 4.79 Å². The van der Waals surface area contributed by atoms with Gasteiger partial charge in [-0.1, -0.05) is 50.5 Å². The third kappa shape index (κ3) is 11.7. The number of nitrogens with two attached hydrogens (primary N) is 1. The molecule has 0 saturated carbocycles. The van der Waals surface area contributed by atoms with E-state index in [0.717, 1.165) is 24.8 Å². The zero-order valence-electron chi connectivity index (χ0n) is 23.6. The van der Waals surface area contributed by atoms with Gasteiger partial charge in [0.25, 0.3) is 0 Å². The minimum atomic E-state index is -1.09. The van der Waals surface area contributed by atoms with Gasteiger partial charge in [-0.2, -0.15) is 0 Å². The van der Waals surface area contributed by atoms with E-state index in [1.807, 2.05) is 45.0 Å². The summed E-state index contributed by atoms with van der Waals surface area (Å²) in [6.45, 7) is 13.2. The number of ether oxygens (including phenoxy) is 1. The molecule has 9 nitrogen and oxygen atoms in total. The maximum Gasteiger partial charge on any atom is 0.408 e. The average molecular weight is 519 g/mol. The highest BCUT2D eigenvalue weighted by molar-refractivity contribution is 5.92. The Kier molecular flexibility index (Phi) is 13.1. The summed E-state index contributed by atoms with van der Waals surface area (Å²) in [5, 5.41) is 5.57. The first-order valence-corrected chi connectivity index (χ1v) is 13.2. The van der Waals surface area contributed by atoms with Crippen molar-refractivity contribution in [3.8, 4) is 0 Å². The van der Waals surface area contributed by atoms with Crippen LogP contribution in [0, 0.1) is 6.92 Å². The molecule has 37 heavy (non-hydrogen) atoms. The molecule has 0 heterocycles. The Morgan fingerprint density at radius 1 is 1.03 bits per heavy atom. The lowest BCUT2D eigenvalue weighted by molar-refractivity contribution is -0.143. The second-order valence-electron chi connectivity index (χ2n) is 10.7. The number of rotatable bonds is 14. The number of benzene rings is 1. The van der Waals surface area contributed by atoms with Crippen molar-refractivity contribution in [2.45, 2.75) is 111 Å². The van der Waals surface area contributed by atoms with Gasteiger partial charge in [0.1, 0.15) is 17.7 Å². The molecule has 0 aliphatic rings. The Hall–Kier alpha value is -3.10. The van der Waals surface area contributed by atoms with Crippen LogP contribution in [0.25, 0.3) is 0 Å². The Labute approximate surface area is 221 Å². The van der Waals surface area contributed by atoms with Gasteiger partial charge in [-0.25, -0.2) is 4.79 Å². The third-order valence-electron chi connectivity index (χ3n) is 5.68. The van der Waals surface area contributed by atoms with E-state index in [2.05, 4.69) is 17.6 Å². The predicted molar refractivity (Wildman–Crippen MR) is 145 cm³/mol. The fourth-order valence-corrected chi connectivity index (χ4v) is 3.98. The third-order valence-corrected chi connectivity index (χ3v) is 5.68. The zero-order valence-corrected chi connectivity index (χ0v) is 23.6. The lowest BCUT2D eigenvalue weighted by Gasteiger charge is -2.35. The number of hydrogen-bond donors (Lipinski definition) is 3. The summed E-state index contributed by atoms with van der Waals surface area (Å²) in [6.07, 6.45) is 2.69. The number of hydrogen-bond acceptors (Lipinski definition) is 5. The van der Waals surface area contributed by atoms with E-state index in [0.29, 0.717) is 18.5 Å². The Morgan fingerprint density at radius 3 is 2.22 bits per heavy atom. The average Bonchev–Trinajstić information content (AvgIpc) is 2.77. The Balaban J connectivity index is 3.50. The van der Waals surface area contributed by atoms with Crippen molar-refractivity contribution in [3.05, 3.63) is 35.4 Å². The van der Waals surface area contributed by atoms with Gasteiger partial charge >= 0.3 is 6.09 Å². The first-order chi connectivity index (χ1) is 17.3. The fraction of sp³-hybridized carbons (Fsp3) is 0.643. The van der Waals surface area contributed by atoms with E-state index in [4.69, 9.17) is 10.5 Å². The van der Waals surface area contributed by atoms with Crippen molar-refractivity contribution in [3.63, 3.8) is 0 Å². The highest BCUT2D eigenvalue weighted by atomic mass is 16.6. The van der Waals surface area contributed by atoms with Crippen molar-refractivity contribution in [2.24, 2.45) is 5.73 Å². The SMILES string of the molecule is CCCCCCN(C(=O)C(CCC(N)=O)NC(=O)OC(C)(C)C)C(C(=O)NC(C)C)c1ccccc1C. The summed E-state index contributed by atoms with van der Waals surface area (Å²) in [5.74, 6) is -1.36. The van der Waals surface area contributed by atoms with Crippen LogP contribution < -0.4 is 16.4 Å². The predicted octanol–water partition coefficient (Wildman–Crippen LogP) is 4.13. The second-order valence-corrected chi connectivity index (χ2v) is 10.7. The standard InChI is InChI=1S/C28H46N4O5/c1-8-9-10-13-18-32(24(25(34)30-19(2)3)21-15-12-11-14-20(21)4)26(35)22(16-17-23(29)33)31-27(36)37-28(5,6)7/h11-12,14-15,19,22,24H,8-10,13,16-18H2,1-7H3,(H2,29,33)(H,30,34)(H,31,36). The molecule has 4 amide bonds. The van der Waals surface area contributed by atoms with E-state index >= 15 is 0 Å². The van der Waals surface area contributed by atoms with Crippen LogP contribution in [-0.2, 0) is 19.1 Å². The van der Waals surface area contributed by atoms with E-state index in [9.17, 15) is 19.2 Å². The first kappa shape index (κ1) is 31.9. The lowest BCUT2D eigenvalue weighted by atomic mass is 9.97. The molecule has 4 N–H and O–H groups in total. The van der Waals surface area contributed by atoms with Gasteiger partial charge in [-0.3, -0.25) is 14.4 Å². The largest absolute Gasteiger partial charge is 0.444 e. The Bertz CT molecular complexity index is 910. The molecule has 1 rings (SSSR count). The quantitative estimate of drug-likeness (QED) is 0.319. The van der Waals surface area contributed by atoms with Gasteiger partial charge in [-0.15, -0.1) is 0 Å². The molecule has 1 aromatic rings. The number of carbonyl (C=O) groups is 4. The lowest BCUT2D eigenvalue weighted by Crippen LogP contribution is -2.54. The molecule has 208 valence electrons. The van der Waals surface area contributed by atoms with Gasteiger partial charge < -0.3 is 26.0 Å². The normalized spacial score (nSPS) is 13.0. The maximum absolute atomic E-state index is 14.1. The molecule has 0 radical (unpaired) electrons. The van der Waals surface area contributed by atoms with Gasteiger partial charge in [0, 0.05) is 19.0 Å². The van der Waals surface area contributed by atoms with Crippen LogP contribution in [0.1, 0.15) is 97.2 Å². The second kappa shape index (κ2) is 15.2. The smallest absolute Gasteiger partial charge is 0.408 e. The van der Waals surface area contributed by atoms with Crippen molar-refractivity contribution in [1.29, 1.82) is 0 Å². The number of alkyl carbamates (subject to hydrolysis) is 1. The molecule has 0 aromatic heterocycles. The molecular formula is C28H46N4O5. The van der Waals surface area contributed by atoms with Crippen LogP contribution in [0.15, 0.2) is 24.3 Å². The molecule has 0 bridgehead atoms. The minimum Gasteiger partial charge on any atom is -0.444 e. The van der Waals surface area contributed by atoms with E-state index in [1.165, 1.54) is 4.90 Å².